The largest absolute Gasteiger partial charge is 0.427 e. The van der Waals surface area contributed by atoms with Gasteiger partial charge in [0.25, 0.3) is 0 Å². The maximum absolute atomic E-state index is 12.7. The molecule has 0 atom stereocenters. The highest BCUT2D eigenvalue weighted by Crippen LogP contribution is 2.58. The lowest BCUT2D eigenvalue weighted by Gasteiger charge is -2.33. The van der Waals surface area contributed by atoms with Crippen molar-refractivity contribution < 1.29 is 87.1 Å². The molecule has 208 valence electrons. The molecular formula is C8Cl2F16I2O4S2. The van der Waals surface area contributed by atoms with Crippen molar-refractivity contribution in [3.63, 3.8) is 0 Å². The van der Waals surface area contributed by atoms with Crippen LogP contribution in [0.15, 0.2) is 0 Å². The molecule has 0 spiro atoms. The Kier molecular flexibility index (Phi) is 10.7. The van der Waals surface area contributed by atoms with Gasteiger partial charge in [-0.05, 0) is 0 Å². The first-order valence-electron chi connectivity index (χ1n) is 6.29. The van der Waals surface area contributed by atoms with E-state index in [4.69, 9.17) is 0 Å². The minimum Gasteiger partial charge on any atom is -0.206 e. The molecule has 0 aliphatic carbocycles. The van der Waals surface area contributed by atoms with Crippen LogP contribution < -0.4 is 0 Å². The first kappa shape index (κ1) is 37.0. The van der Waals surface area contributed by atoms with Crippen LogP contribution in [0.5, 0.6) is 0 Å². The van der Waals surface area contributed by atoms with Crippen molar-refractivity contribution in [3.8, 4) is 0 Å². The molecule has 26 heteroatoms. The minimum absolute atomic E-state index is 0.315. The molecule has 0 saturated carbocycles. The molecule has 0 bridgehead atoms. The molecule has 0 saturated heterocycles. The average Bonchev–Trinajstić information content (AvgIpc) is 2.50. The molecule has 34 heavy (non-hydrogen) atoms. The zero-order chi connectivity index (χ0) is 29.0. The Hall–Kier alpha value is 0.820. The van der Waals surface area contributed by atoms with Gasteiger partial charge in [0, 0.05) is 66.5 Å². The molecule has 0 aromatic rings. The van der Waals surface area contributed by atoms with E-state index in [2.05, 4.69) is 21.4 Å². The summed E-state index contributed by atoms with van der Waals surface area (Å²) in [5.74, 6) is -27.0. The van der Waals surface area contributed by atoms with Crippen LogP contribution in [0.3, 0.4) is 0 Å². The second-order valence-corrected chi connectivity index (χ2v) is 13.1. The van der Waals surface area contributed by atoms with E-state index in [1.165, 1.54) is 0 Å². The van der Waals surface area contributed by atoms with E-state index in [1.807, 2.05) is 0 Å². The second-order valence-electron chi connectivity index (χ2n) is 5.20. The Balaban J connectivity index is 0. The number of hydrogen-bond acceptors (Lipinski definition) is 4. The first-order valence-corrected chi connectivity index (χ1v) is 13.1. The molecule has 0 unspecified atom stereocenters. The van der Waals surface area contributed by atoms with Crippen LogP contribution in [0.4, 0.5) is 70.2 Å². The summed E-state index contributed by atoms with van der Waals surface area (Å²) < 4.78 is 228. The van der Waals surface area contributed by atoms with E-state index in [1.54, 1.807) is 0 Å². The fraction of sp³-hybridized carbons (Fsp3) is 1.00. The monoisotopic (exact) mass is 852 g/mol. The molecule has 4 nitrogen and oxygen atoms in total. The fourth-order valence-electron chi connectivity index (χ4n) is 1.03. The molecule has 0 aliphatic heterocycles. The Bertz CT molecular complexity index is 878. The highest BCUT2D eigenvalue weighted by Gasteiger charge is 2.87. The first-order chi connectivity index (χ1) is 14.0. The predicted molar refractivity (Wildman–Crippen MR) is 97.2 cm³/mol. The number of rotatable bonds is 8. The third-order valence-electron chi connectivity index (χ3n) is 2.84. The van der Waals surface area contributed by atoms with Gasteiger partial charge in [0.15, 0.2) is 0 Å². The molecule has 0 aromatic carbocycles. The van der Waals surface area contributed by atoms with Crippen LogP contribution >= 0.6 is 66.5 Å². The SMILES string of the molecule is FC(F)(I)C(F)(F)C(F)(F)C(F)(F)I.O=S(=O)(Cl)C(F)(F)C(F)(F)C(F)(F)C(F)(F)S(=O)(=O)Cl. The number of alkyl halides is 18. The normalized spacial score (nSPS) is 16.1. The second kappa shape index (κ2) is 9.85. The third-order valence-corrected chi connectivity index (χ3v) is 7.10. The molecule has 0 N–H and O–H groups in total. The van der Waals surface area contributed by atoms with Crippen LogP contribution in [-0.4, -0.2) is 58.9 Å². The van der Waals surface area contributed by atoms with Gasteiger partial charge >= 0.3 is 60.2 Å². The molecule has 0 rings (SSSR count). The smallest absolute Gasteiger partial charge is 0.206 e. The van der Waals surface area contributed by atoms with E-state index < -0.39 is 60.2 Å². The predicted octanol–water partition coefficient (Wildman–Crippen LogP) is 6.89. The highest BCUT2D eigenvalue weighted by molar-refractivity contribution is 14.1. The van der Waals surface area contributed by atoms with Gasteiger partial charge in [-0.2, -0.15) is 70.2 Å². The fourth-order valence-corrected chi connectivity index (χ4v) is 3.16. The van der Waals surface area contributed by atoms with Crippen molar-refractivity contribution >= 4 is 84.6 Å². The maximum atomic E-state index is 12.7. The summed E-state index contributed by atoms with van der Waals surface area (Å²) in [6, 6.07) is 0. The Morgan fingerprint density at radius 2 is 0.559 bits per heavy atom. The number of halogens is 20. The Labute approximate surface area is 212 Å². The lowest BCUT2D eigenvalue weighted by atomic mass is 10.2. The van der Waals surface area contributed by atoms with Crippen molar-refractivity contribution in [2.75, 3.05) is 0 Å². The standard InChI is InChI=1S/C4Cl2F8O4S2.C4F8I2/c5-19(15,16)3(11,12)1(7,8)2(9,10)4(13,14)20(6,17)18;5-1(6,3(9,10)13)2(7,8)4(11,12)14. The Morgan fingerprint density at radius 3 is 0.647 bits per heavy atom. The summed E-state index contributed by atoms with van der Waals surface area (Å²) in [5, 5.41) is -13.8. The van der Waals surface area contributed by atoms with Gasteiger partial charge in [-0.3, -0.25) is 0 Å². The van der Waals surface area contributed by atoms with Gasteiger partial charge in [0.05, 0.1) is 0 Å². The van der Waals surface area contributed by atoms with Crippen LogP contribution in [0.25, 0.3) is 0 Å². The summed E-state index contributed by atoms with van der Waals surface area (Å²) >= 11 is -0.631. The van der Waals surface area contributed by atoms with E-state index in [-0.39, 0.29) is 45.2 Å². The molecule has 0 amide bonds. The maximum Gasteiger partial charge on any atom is 0.427 e. The van der Waals surface area contributed by atoms with Gasteiger partial charge in [-0.15, -0.1) is 0 Å². The highest BCUT2D eigenvalue weighted by atomic mass is 127. The van der Waals surface area contributed by atoms with Gasteiger partial charge in [0.2, 0.25) is 0 Å². The van der Waals surface area contributed by atoms with Crippen LogP contribution in [0.1, 0.15) is 0 Å². The Morgan fingerprint density at radius 1 is 0.412 bits per heavy atom. The molecule has 0 aliphatic rings. The van der Waals surface area contributed by atoms with E-state index in [0.29, 0.717) is 0 Å². The van der Waals surface area contributed by atoms with Crippen molar-refractivity contribution in [3.05, 3.63) is 0 Å². The van der Waals surface area contributed by atoms with Crippen molar-refractivity contribution in [1.29, 1.82) is 0 Å². The molecular weight excluding hydrogens is 853 g/mol. The van der Waals surface area contributed by atoms with E-state index in [9.17, 15) is 87.1 Å². The van der Waals surface area contributed by atoms with Crippen LogP contribution in [0.2, 0.25) is 0 Å². The van der Waals surface area contributed by atoms with E-state index >= 15 is 0 Å². The van der Waals surface area contributed by atoms with Gasteiger partial charge < -0.3 is 0 Å². The lowest BCUT2D eigenvalue weighted by Crippen LogP contribution is -2.65. The summed E-state index contributed by atoms with van der Waals surface area (Å²) in [4.78, 5) is 0. The zero-order valence-electron chi connectivity index (χ0n) is 14.0. The summed E-state index contributed by atoms with van der Waals surface area (Å²) in [6.07, 6.45) is 0. The molecule has 0 radical (unpaired) electrons. The summed E-state index contributed by atoms with van der Waals surface area (Å²) in [5.41, 5.74) is 0. The third kappa shape index (κ3) is 6.27. The van der Waals surface area contributed by atoms with Gasteiger partial charge in [-0.1, -0.05) is 0 Å². The van der Waals surface area contributed by atoms with Crippen molar-refractivity contribution in [2.45, 2.75) is 42.1 Å². The minimum atomic E-state index is -7.38. The topological polar surface area (TPSA) is 68.3 Å². The van der Waals surface area contributed by atoms with Crippen molar-refractivity contribution in [1.82, 2.24) is 0 Å². The number of hydrogen-bond donors (Lipinski definition) is 0. The summed E-state index contributed by atoms with van der Waals surface area (Å²) in [6.45, 7) is 0. The van der Waals surface area contributed by atoms with Crippen molar-refractivity contribution in [2.24, 2.45) is 0 Å². The average molecular weight is 853 g/mol. The van der Waals surface area contributed by atoms with Crippen LogP contribution in [-0.2, 0) is 18.1 Å². The van der Waals surface area contributed by atoms with Gasteiger partial charge in [-0.25, -0.2) is 16.8 Å². The van der Waals surface area contributed by atoms with Gasteiger partial charge in [0.1, 0.15) is 0 Å². The molecule has 0 fully saturated rings. The zero-order valence-corrected chi connectivity index (χ0v) is 21.5. The molecule has 0 heterocycles. The lowest BCUT2D eigenvalue weighted by molar-refractivity contribution is -0.325. The molecule has 0 aromatic heterocycles. The van der Waals surface area contributed by atoms with Crippen LogP contribution in [0, 0.1) is 0 Å². The van der Waals surface area contributed by atoms with E-state index in [0.717, 1.165) is 0 Å². The quantitative estimate of drug-likeness (QED) is 0.116. The summed E-state index contributed by atoms with van der Waals surface area (Å²) in [7, 11) is -6.10.